The van der Waals surface area contributed by atoms with Gasteiger partial charge in [-0.1, -0.05) is 26.0 Å². The first-order chi connectivity index (χ1) is 10.6. The fraction of sp³-hybridized carbons (Fsp3) is 0.611. The Balaban J connectivity index is 1.57. The number of carbonyl (C=O) groups is 1. The zero-order valence-electron chi connectivity index (χ0n) is 13.5. The van der Waals surface area contributed by atoms with Gasteiger partial charge in [-0.25, -0.2) is 0 Å². The Morgan fingerprint density at radius 1 is 1.32 bits per heavy atom. The van der Waals surface area contributed by atoms with Crippen molar-refractivity contribution in [3.05, 3.63) is 29.8 Å². The quantitative estimate of drug-likeness (QED) is 0.816. The molecule has 1 unspecified atom stereocenters. The lowest BCUT2D eigenvalue weighted by atomic mass is 10.2. The van der Waals surface area contributed by atoms with E-state index >= 15 is 0 Å². The third kappa shape index (κ3) is 4.26. The second-order valence-electron chi connectivity index (χ2n) is 6.82. The van der Waals surface area contributed by atoms with E-state index in [1.807, 2.05) is 24.3 Å². The molecule has 2 aliphatic rings. The molecule has 1 atom stereocenters. The fourth-order valence-electron chi connectivity index (χ4n) is 3.06. The van der Waals surface area contributed by atoms with Crippen LogP contribution in [0.25, 0.3) is 0 Å². The number of benzene rings is 1. The largest absolute Gasteiger partial charge is 0.348 e. The minimum absolute atomic E-state index is 0.0852. The highest BCUT2D eigenvalue weighted by atomic mass is 32.2. The van der Waals surface area contributed by atoms with Crippen molar-refractivity contribution in [1.29, 1.82) is 0 Å². The van der Waals surface area contributed by atoms with Gasteiger partial charge in [0.25, 0.3) is 5.91 Å². The van der Waals surface area contributed by atoms with Crippen molar-refractivity contribution >= 4 is 17.7 Å². The monoisotopic (exact) mass is 318 g/mol. The smallest absolute Gasteiger partial charge is 0.252 e. The molecule has 120 valence electrons. The van der Waals surface area contributed by atoms with Crippen LogP contribution >= 0.6 is 11.8 Å². The van der Waals surface area contributed by atoms with Crippen LogP contribution in [0, 0.1) is 5.92 Å². The Morgan fingerprint density at radius 2 is 2.09 bits per heavy atom. The van der Waals surface area contributed by atoms with Crippen molar-refractivity contribution in [3.8, 4) is 0 Å². The topological polar surface area (TPSA) is 32.3 Å². The highest BCUT2D eigenvalue weighted by Crippen LogP contribution is 2.31. The van der Waals surface area contributed by atoms with E-state index in [4.69, 9.17) is 0 Å². The van der Waals surface area contributed by atoms with Gasteiger partial charge < -0.3 is 10.2 Å². The van der Waals surface area contributed by atoms with Gasteiger partial charge in [0.2, 0.25) is 0 Å². The van der Waals surface area contributed by atoms with E-state index in [0.29, 0.717) is 11.3 Å². The standard InChI is InChI=1S/C18H26N2OS/c1-13(2)22-17-6-4-3-5-16(17)18(21)19-15-9-10-20(12-15)11-14-7-8-14/h3-6,13-15H,7-12H2,1-2H3,(H,19,21). The highest BCUT2D eigenvalue weighted by Gasteiger charge is 2.30. The van der Waals surface area contributed by atoms with E-state index in [0.717, 1.165) is 35.9 Å². The Morgan fingerprint density at radius 3 is 2.82 bits per heavy atom. The van der Waals surface area contributed by atoms with Gasteiger partial charge in [0.05, 0.1) is 5.56 Å². The Labute approximate surface area is 137 Å². The summed E-state index contributed by atoms with van der Waals surface area (Å²) in [5.74, 6) is 1.01. The molecule has 1 aromatic rings. The number of hydrogen-bond acceptors (Lipinski definition) is 3. The number of nitrogens with zero attached hydrogens (tertiary/aromatic N) is 1. The summed E-state index contributed by atoms with van der Waals surface area (Å²) in [5, 5.41) is 3.72. The maximum absolute atomic E-state index is 12.6. The van der Waals surface area contributed by atoms with Crippen LogP contribution in [0.1, 0.15) is 43.5 Å². The van der Waals surface area contributed by atoms with Crippen molar-refractivity contribution in [2.24, 2.45) is 5.92 Å². The van der Waals surface area contributed by atoms with Gasteiger partial charge in [0, 0.05) is 35.8 Å². The lowest BCUT2D eigenvalue weighted by molar-refractivity contribution is 0.0934. The second-order valence-corrected chi connectivity index (χ2v) is 8.44. The fourth-order valence-corrected chi connectivity index (χ4v) is 4.01. The summed E-state index contributed by atoms with van der Waals surface area (Å²) in [6.45, 7) is 7.69. The Bertz CT molecular complexity index is 528. The van der Waals surface area contributed by atoms with Crippen LogP contribution in [0.2, 0.25) is 0 Å². The summed E-state index contributed by atoms with van der Waals surface area (Å²) in [7, 11) is 0. The molecule has 1 N–H and O–H groups in total. The van der Waals surface area contributed by atoms with Crippen LogP contribution in [0.5, 0.6) is 0 Å². The van der Waals surface area contributed by atoms with Gasteiger partial charge in [0.15, 0.2) is 0 Å². The average Bonchev–Trinajstić information content (AvgIpc) is 3.18. The molecule has 1 heterocycles. The number of thioether (sulfide) groups is 1. The molecular formula is C18H26N2OS. The van der Waals surface area contributed by atoms with Gasteiger partial charge in [0.1, 0.15) is 0 Å². The molecule has 1 amide bonds. The molecule has 22 heavy (non-hydrogen) atoms. The van der Waals surface area contributed by atoms with Gasteiger partial charge in [-0.3, -0.25) is 4.79 Å². The summed E-state index contributed by atoms with van der Waals surface area (Å²) in [6.07, 6.45) is 3.87. The van der Waals surface area contributed by atoms with Gasteiger partial charge >= 0.3 is 0 Å². The van der Waals surface area contributed by atoms with Crippen molar-refractivity contribution in [1.82, 2.24) is 10.2 Å². The molecule has 1 aromatic carbocycles. The second kappa shape index (κ2) is 7.05. The number of hydrogen-bond donors (Lipinski definition) is 1. The van der Waals surface area contributed by atoms with Gasteiger partial charge in [-0.2, -0.15) is 0 Å². The first-order valence-electron chi connectivity index (χ1n) is 8.40. The number of rotatable bonds is 6. The summed E-state index contributed by atoms with van der Waals surface area (Å²) >= 11 is 1.76. The van der Waals surface area contributed by atoms with Crippen LogP contribution in [0.15, 0.2) is 29.2 Å². The molecule has 3 nitrogen and oxygen atoms in total. The third-order valence-electron chi connectivity index (χ3n) is 4.32. The lowest BCUT2D eigenvalue weighted by Crippen LogP contribution is -2.37. The van der Waals surface area contributed by atoms with Crippen molar-refractivity contribution in [3.63, 3.8) is 0 Å². The van der Waals surface area contributed by atoms with Crippen LogP contribution in [0.3, 0.4) is 0 Å². The summed E-state index contributed by atoms with van der Waals surface area (Å²) in [4.78, 5) is 16.2. The van der Waals surface area contributed by atoms with Crippen molar-refractivity contribution in [2.75, 3.05) is 19.6 Å². The molecule has 0 spiro atoms. The van der Waals surface area contributed by atoms with Crippen LogP contribution < -0.4 is 5.32 Å². The lowest BCUT2D eigenvalue weighted by Gasteiger charge is -2.17. The molecule has 0 radical (unpaired) electrons. The Kier molecular flexibility index (Phi) is 5.09. The Hall–Kier alpha value is -1.00. The van der Waals surface area contributed by atoms with E-state index in [-0.39, 0.29) is 5.91 Å². The van der Waals surface area contributed by atoms with E-state index in [2.05, 4.69) is 24.1 Å². The van der Waals surface area contributed by atoms with Crippen LogP contribution in [0.4, 0.5) is 0 Å². The zero-order valence-corrected chi connectivity index (χ0v) is 14.4. The molecule has 1 aliphatic heterocycles. The third-order valence-corrected chi connectivity index (χ3v) is 5.40. The van der Waals surface area contributed by atoms with Gasteiger partial charge in [-0.15, -0.1) is 11.8 Å². The molecule has 1 saturated carbocycles. The van der Waals surface area contributed by atoms with E-state index in [9.17, 15) is 4.79 Å². The van der Waals surface area contributed by atoms with Crippen molar-refractivity contribution < 1.29 is 4.79 Å². The molecular weight excluding hydrogens is 292 g/mol. The maximum Gasteiger partial charge on any atom is 0.252 e. The van der Waals surface area contributed by atoms with E-state index < -0.39 is 0 Å². The molecule has 3 rings (SSSR count). The number of likely N-dealkylation sites (tertiary alicyclic amines) is 1. The molecule has 2 fully saturated rings. The predicted octanol–water partition coefficient (Wildman–Crippen LogP) is 3.40. The molecule has 0 bridgehead atoms. The first-order valence-corrected chi connectivity index (χ1v) is 9.28. The molecule has 1 aliphatic carbocycles. The molecule has 4 heteroatoms. The average molecular weight is 318 g/mol. The van der Waals surface area contributed by atoms with Crippen molar-refractivity contribution in [2.45, 2.75) is 49.3 Å². The highest BCUT2D eigenvalue weighted by molar-refractivity contribution is 8.00. The molecule has 0 aromatic heterocycles. The van der Waals surface area contributed by atoms with E-state index in [1.165, 1.54) is 19.4 Å². The summed E-state index contributed by atoms with van der Waals surface area (Å²) in [5.41, 5.74) is 0.821. The van der Waals surface area contributed by atoms with E-state index in [1.54, 1.807) is 11.8 Å². The normalized spacial score (nSPS) is 22.2. The zero-order chi connectivity index (χ0) is 15.5. The van der Waals surface area contributed by atoms with Gasteiger partial charge in [-0.05, 0) is 37.3 Å². The number of amides is 1. The maximum atomic E-state index is 12.6. The first kappa shape index (κ1) is 15.9. The minimum atomic E-state index is 0.0852. The van der Waals surface area contributed by atoms with Crippen LogP contribution in [-0.2, 0) is 0 Å². The van der Waals surface area contributed by atoms with Crippen LogP contribution in [-0.4, -0.2) is 41.7 Å². The SMILES string of the molecule is CC(C)Sc1ccccc1C(=O)NC1CCN(CC2CC2)C1. The summed E-state index contributed by atoms with van der Waals surface area (Å²) in [6, 6.07) is 8.26. The number of carbonyl (C=O) groups excluding carboxylic acids is 1. The molecule has 1 saturated heterocycles. The minimum Gasteiger partial charge on any atom is -0.348 e. The summed E-state index contributed by atoms with van der Waals surface area (Å²) < 4.78 is 0. The predicted molar refractivity (Wildman–Crippen MR) is 92.5 cm³/mol. The number of nitrogens with one attached hydrogen (secondary N) is 1.